The van der Waals surface area contributed by atoms with Gasteiger partial charge in [0.1, 0.15) is 0 Å². The smallest absolute Gasteiger partial charge is 0.312 e. The molecule has 0 aromatic carbocycles. The van der Waals surface area contributed by atoms with Gasteiger partial charge in [0.2, 0.25) is 5.91 Å². The van der Waals surface area contributed by atoms with Gasteiger partial charge in [-0.2, -0.15) is 0 Å². The van der Waals surface area contributed by atoms with Crippen molar-refractivity contribution in [2.45, 2.75) is 63.8 Å². The number of urea groups is 1. The highest BCUT2D eigenvalue weighted by Crippen LogP contribution is 2.21. The van der Waals surface area contributed by atoms with Gasteiger partial charge in [-0.3, -0.25) is 4.79 Å². The van der Waals surface area contributed by atoms with Crippen molar-refractivity contribution in [1.29, 1.82) is 0 Å². The van der Waals surface area contributed by atoms with E-state index in [0.29, 0.717) is 19.0 Å². The number of hydrogen-bond donors (Lipinski definition) is 2. The lowest BCUT2D eigenvalue weighted by Gasteiger charge is -2.27. The summed E-state index contributed by atoms with van der Waals surface area (Å²) in [6, 6.07) is -0.0688. The van der Waals surface area contributed by atoms with Crippen molar-refractivity contribution in [2.24, 2.45) is 5.73 Å². The Balaban J connectivity index is 2.18. The van der Waals surface area contributed by atoms with E-state index in [-0.39, 0.29) is 5.91 Å². The van der Waals surface area contributed by atoms with E-state index in [1.165, 1.54) is 25.7 Å². The first-order valence-corrected chi connectivity index (χ1v) is 7.40. The van der Waals surface area contributed by atoms with Gasteiger partial charge in [0.15, 0.2) is 0 Å². The molecule has 1 rings (SSSR count). The largest absolute Gasteiger partial charge is 0.352 e. The normalized spacial score (nSPS) is 16.7. The molecule has 3 N–H and O–H groups in total. The molecule has 0 radical (unpaired) electrons. The van der Waals surface area contributed by atoms with E-state index < -0.39 is 6.03 Å². The van der Waals surface area contributed by atoms with Crippen LogP contribution in [0.3, 0.4) is 0 Å². The lowest BCUT2D eigenvalue weighted by Crippen LogP contribution is -2.36. The molecule has 0 spiro atoms. The minimum absolute atomic E-state index is 0.228. The van der Waals surface area contributed by atoms with Crippen molar-refractivity contribution in [2.75, 3.05) is 13.6 Å². The number of nitrogens with one attached hydrogen (secondary N) is 1. The topological polar surface area (TPSA) is 75.4 Å². The number of carbonyl (C=O) groups is 2. The van der Waals surface area contributed by atoms with Crippen LogP contribution in [0.1, 0.15) is 57.8 Å². The Kier molecular flexibility index (Phi) is 7.30. The number of carbonyl (C=O) groups excluding carboxylic acids is 2. The second-order valence-electron chi connectivity index (χ2n) is 5.40. The fourth-order valence-electron chi connectivity index (χ4n) is 2.64. The number of primary amides is 1. The number of amides is 3. The van der Waals surface area contributed by atoms with Gasteiger partial charge in [-0.25, -0.2) is 4.79 Å². The summed E-state index contributed by atoms with van der Waals surface area (Å²) in [4.78, 5) is 24.5. The quantitative estimate of drug-likeness (QED) is 0.571. The first kappa shape index (κ1) is 15.8. The molecule has 110 valence electrons. The highest BCUT2D eigenvalue weighted by Gasteiger charge is 2.20. The third kappa shape index (κ3) is 6.45. The molecule has 1 aliphatic rings. The number of unbranched alkanes of at least 4 members (excludes halogenated alkanes) is 1. The van der Waals surface area contributed by atoms with E-state index in [1.807, 2.05) is 11.9 Å². The first-order chi connectivity index (χ1) is 9.11. The highest BCUT2D eigenvalue weighted by molar-refractivity contribution is 5.76. The molecule has 3 amide bonds. The predicted molar refractivity (Wildman–Crippen MR) is 75.7 cm³/mol. The van der Waals surface area contributed by atoms with Gasteiger partial charge in [-0.1, -0.05) is 25.7 Å². The third-order valence-corrected chi connectivity index (χ3v) is 3.88. The van der Waals surface area contributed by atoms with E-state index in [2.05, 4.69) is 5.32 Å². The zero-order chi connectivity index (χ0) is 14.1. The minimum Gasteiger partial charge on any atom is -0.352 e. The van der Waals surface area contributed by atoms with E-state index >= 15 is 0 Å². The van der Waals surface area contributed by atoms with Crippen LogP contribution in [-0.4, -0.2) is 36.5 Å². The summed E-state index contributed by atoms with van der Waals surface area (Å²) >= 11 is 0. The molecule has 0 aromatic rings. The van der Waals surface area contributed by atoms with E-state index in [9.17, 15) is 9.59 Å². The third-order valence-electron chi connectivity index (χ3n) is 3.88. The summed E-state index contributed by atoms with van der Waals surface area (Å²) in [6.07, 6.45) is 9.54. The molecule has 0 saturated heterocycles. The van der Waals surface area contributed by atoms with Gasteiger partial charge < -0.3 is 16.0 Å². The molecular weight excluding hydrogens is 242 g/mol. The number of nitrogens with two attached hydrogens (primary N) is 1. The standard InChI is InChI=1S/C14H27N3O2/c1-17(12-8-4-2-3-5-9-12)13(18)10-6-7-11-16-14(15)19/h12H,2-11H2,1H3,(H3,15,16,19). The molecule has 1 aliphatic carbocycles. The van der Waals surface area contributed by atoms with Crippen LogP contribution < -0.4 is 11.1 Å². The fraction of sp³-hybridized carbons (Fsp3) is 0.857. The highest BCUT2D eigenvalue weighted by atomic mass is 16.2. The number of hydrogen-bond acceptors (Lipinski definition) is 2. The Labute approximate surface area is 115 Å². The van der Waals surface area contributed by atoms with Gasteiger partial charge >= 0.3 is 6.03 Å². The van der Waals surface area contributed by atoms with Gasteiger partial charge in [0.05, 0.1) is 0 Å². The van der Waals surface area contributed by atoms with Gasteiger partial charge in [-0.15, -0.1) is 0 Å². The van der Waals surface area contributed by atoms with Crippen LogP contribution in [0.15, 0.2) is 0 Å². The first-order valence-electron chi connectivity index (χ1n) is 7.40. The van der Waals surface area contributed by atoms with Crippen molar-refractivity contribution < 1.29 is 9.59 Å². The molecular formula is C14H27N3O2. The van der Waals surface area contributed by atoms with Crippen molar-refractivity contribution in [1.82, 2.24) is 10.2 Å². The molecule has 19 heavy (non-hydrogen) atoms. The van der Waals surface area contributed by atoms with Crippen molar-refractivity contribution in [3.8, 4) is 0 Å². The van der Waals surface area contributed by atoms with Crippen molar-refractivity contribution in [3.63, 3.8) is 0 Å². The summed E-state index contributed by atoms with van der Waals surface area (Å²) in [5.41, 5.74) is 4.97. The van der Waals surface area contributed by atoms with Crippen LogP contribution in [-0.2, 0) is 4.79 Å². The van der Waals surface area contributed by atoms with E-state index in [1.54, 1.807) is 0 Å². The average molecular weight is 269 g/mol. The zero-order valence-corrected chi connectivity index (χ0v) is 12.0. The molecule has 0 aliphatic heterocycles. The van der Waals surface area contributed by atoms with E-state index in [0.717, 1.165) is 25.7 Å². The maximum absolute atomic E-state index is 12.1. The van der Waals surface area contributed by atoms with Crippen LogP contribution in [0.4, 0.5) is 4.79 Å². The molecule has 1 saturated carbocycles. The Morgan fingerprint density at radius 1 is 1.16 bits per heavy atom. The second kappa shape index (κ2) is 8.77. The van der Waals surface area contributed by atoms with Crippen LogP contribution in [0.5, 0.6) is 0 Å². The fourth-order valence-corrected chi connectivity index (χ4v) is 2.64. The Bertz CT molecular complexity index is 286. The summed E-state index contributed by atoms with van der Waals surface area (Å²) < 4.78 is 0. The summed E-state index contributed by atoms with van der Waals surface area (Å²) in [7, 11) is 1.93. The van der Waals surface area contributed by atoms with Crippen LogP contribution in [0.25, 0.3) is 0 Å². The van der Waals surface area contributed by atoms with Crippen molar-refractivity contribution >= 4 is 11.9 Å². The molecule has 0 unspecified atom stereocenters. The van der Waals surface area contributed by atoms with Crippen LogP contribution >= 0.6 is 0 Å². The lowest BCUT2D eigenvalue weighted by atomic mass is 10.1. The van der Waals surface area contributed by atoms with Crippen LogP contribution in [0, 0.1) is 0 Å². The summed E-state index contributed by atoms with van der Waals surface area (Å²) in [6.45, 7) is 0.551. The maximum atomic E-state index is 12.1. The Hall–Kier alpha value is -1.26. The Morgan fingerprint density at radius 3 is 2.37 bits per heavy atom. The minimum atomic E-state index is -0.498. The molecule has 0 atom stereocenters. The number of rotatable bonds is 6. The lowest BCUT2D eigenvalue weighted by molar-refractivity contribution is -0.132. The molecule has 0 aromatic heterocycles. The van der Waals surface area contributed by atoms with Gasteiger partial charge in [0.25, 0.3) is 0 Å². The Morgan fingerprint density at radius 2 is 1.79 bits per heavy atom. The average Bonchev–Trinajstić information content (AvgIpc) is 2.65. The SMILES string of the molecule is CN(C(=O)CCCCNC(N)=O)C1CCCCCC1. The molecule has 5 nitrogen and oxygen atoms in total. The summed E-state index contributed by atoms with van der Waals surface area (Å²) in [5, 5.41) is 2.53. The monoisotopic (exact) mass is 269 g/mol. The molecule has 0 heterocycles. The van der Waals surface area contributed by atoms with Gasteiger partial charge in [-0.05, 0) is 25.7 Å². The van der Waals surface area contributed by atoms with Crippen LogP contribution in [0.2, 0.25) is 0 Å². The predicted octanol–water partition coefficient (Wildman–Crippen LogP) is 2.01. The number of nitrogens with zero attached hydrogens (tertiary/aromatic N) is 1. The second-order valence-corrected chi connectivity index (χ2v) is 5.40. The van der Waals surface area contributed by atoms with E-state index in [4.69, 9.17) is 5.73 Å². The molecule has 5 heteroatoms. The van der Waals surface area contributed by atoms with Gasteiger partial charge in [0, 0.05) is 26.1 Å². The molecule has 1 fully saturated rings. The van der Waals surface area contributed by atoms with Crippen molar-refractivity contribution in [3.05, 3.63) is 0 Å². The summed E-state index contributed by atoms with van der Waals surface area (Å²) in [5.74, 6) is 0.228. The zero-order valence-electron chi connectivity index (χ0n) is 12.0. The molecule has 0 bridgehead atoms. The maximum Gasteiger partial charge on any atom is 0.312 e.